The van der Waals surface area contributed by atoms with E-state index in [-0.39, 0.29) is 23.3 Å². The van der Waals surface area contributed by atoms with Crippen LogP contribution in [-0.2, 0) is 14.6 Å². The molecule has 5 nitrogen and oxygen atoms in total. The molecule has 2 rings (SSSR count). The van der Waals surface area contributed by atoms with Crippen LogP contribution in [0, 0.1) is 5.82 Å². The van der Waals surface area contributed by atoms with E-state index in [9.17, 15) is 17.6 Å². The standard InChI is InChI=1S/C14H19FN2O3S/c1-10(8-14(18)17-7-6-12(16)9-17)21(19,20)13-4-2-11(15)3-5-13/h2-5,10,12H,6-9,16H2,1H3/t10-,12-/m0/s1. The smallest absolute Gasteiger partial charge is 0.223 e. The molecule has 7 heteroatoms. The minimum Gasteiger partial charge on any atom is -0.341 e. The number of nitrogens with zero attached hydrogens (tertiary/aromatic N) is 1. The lowest BCUT2D eigenvalue weighted by Crippen LogP contribution is -2.35. The monoisotopic (exact) mass is 314 g/mol. The number of amides is 1. The molecule has 1 amide bonds. The summed E-state index contributed by atoms with van der Waals surface area (Å²) in [4.78, 5) is 13.7. The van der Waals surface area contributed by atoms with Crippen LogP contribution in [0.15, 0.2) is 29.2 Å². The van der Waals surface area contributed by atoms with Crippen molar-refractivity contribution >= 4 is 15.7 Å². The number of likely N-dealkylation sites (tertiary alicyclic amines) is 1. The zero-order valence-corrected chi connectivity index (χ0v) is 12.6. The molecule has 0 unspecified atom stereocenters. The highest BCUT2D eigenvalue weighted by atomic mass is 32.2. The molecule has 2 atom stereocenters. The Balaban J connectivity index is 2.06. The van der Waals surface area contributed by atoms with Gasteiger partial charge in [0.1, 0.15) is 5.82 Å². The summed E-state index contributed by atoms with van der Waals surface area (Å²) >= 11 is 0. The normalized spacial score (nSPS) is 20.5. The Morgan fingerprint density at radius 1 is 1.43 bits per heavy atom. The van der Waals surface area contributed by atoms with Crippen molar-refractivity contribution in [3.8, 4) is 0 Å². The molecule has 21 heavy (non-hydrogen) atoms. The van der Waals surface area contributed by atoms with E-state index in [1.54, 1.807) is 4.90 Å². The van der Waals surface area contributed by atoms with Crippen molar-refractivity contribution in [2.24, 2.45) is 5.73 Å². The maximum atomic E-state index is 12.9. The van der Waals surface area contributed by atoms with Crippen LogP contribution in [0.4, 0.5) is 4.39 Å². The van der Waals surface area contributed by atoms with Gasteiger partial charge in [0, 0.05) is 25.6 Å². The molecular weight excluding hydrogens is 295 g/mol. The largest absolute Gasteiger partial charge is 0.341 e. The maximum Gasteiger partial charge on any atom is 0.223 e. The number of carbonyl (C=O) groups excluding carboxylic acids is 1. The maximum absolute atomic E-state index is 12.9. The van der Waals surface area contributed by atoms with Crippen molar-refractivity contribution in [1.29, 1.82) is 0 Å². The lowest BCUT2D eigenvalue weighted by Gasteiger charge is -2.19. The third-order valence-corrected chi connectivity index (χ3v) is 5.87. The van der Waals surface area contributed by atoms with Gasteiger partial charge in [-0.05, 0) is 37.6 Å². The average Bonchev–Trinajstić information content (AvgIpc) is 2.86. The van der Waals surface area contributed by atoms with Crippen LogP contribution in [-0.4, -0.2) is 43.6 Å². The highest BCUT2D eigenvalue weighted by molar-refractivity contribution is 7.92. The fraction of sp³-hybridized carbons (Fsp3) is 0.500. The van der Waals surface area contributed by atoms with Crippen molar-refractivity contribution in [3.63, 3.8) is 0 Å². The molecule has 0 spiro atoms. The van der Waals surface area contributed by atoms with Crippen molar-refractivity contribution in [2.75, 3.05) is 13.1 Å². The Morgan fingerprint density at radius 2 is 2.05 bits per heavy atom. The van der Waals surface area contributed by atoms with Gasteiger partial charge in [0.2, 0.25) is 5.91 Å². The Labute approximate surface area is 123 Å². The number of benzene rings is 1. The minimum absolute atomic E-state index is 0.0297. The molecule has 1 aliphatic rings. The van der Waals surface area contributed by atoms with E-state index >= 15 is 0 Å². The molecule has 0 aliphatic carbocycles. The molecule has 0 radical (unpaired) electrons. The summed E-state index contributed by atoms with van der Waals surface area (Å²) in [6.45, 7) is 2.54. The van der Waals surface area contributed by atoms with Crippen LogP contribution in [0.1, 0.15) is 19.8 Å². The predicted octanol–water partition coefficient (Wildman–Crippen LogP) is 0.938. The van der Waals surface area contributed by atoms with Crippen molar-refractivity contribution in [1.82, 2.24) is 4.90 Å². The van der Waals surface area contributed by atoms with Crippen LogP contribution < -0.4 is 5.73 Å². The number of halogens is 1. The Morgan fingerprint density at radius 3 is 2.57 bits per heavy atom. The molecule has 1 fully saturated rings. The van der Waals surface area contributed by atoms with Gasteiger partial charge in [0.25, 0.3) is 0 Å². The Hall–Kier alpha value is -1.47. The molecule has 0 bridgehead atoms. The fourth-order valence-electron chi connectivity index (χ4n) is 2.36. The zero-order chi connectivity index (χ0) is 15.6. The minimum atomic E-state index is -3.64. The first-order valence-electron chi connectivity index (χ1n) is 6.83. The quantitative estimate of drug-likeness (QED) is 0.839. The number of carbonyl (C=O) groups is 1. The van der Waals surface area contributed by atoms with E-state index in [1.165, 1.54) is 19.1 Å². The second-order valence-electron chi connectivity index (χ2n) is 5.40. The summed E-state index contributed by atoms with van der Waals surface area (Å²) in [5.41, 5.74) is 5.74. The van der Waals surface area contributed by atoms with Gasteiger partial charge >= 0.3 is 0 Å². The lowest BCUT2D eigenvalue weighted by molar-refractivity contribution is -0.130. The van der Waals surface area contributed by atoms with Gasteiger partial charge in [-0.2, -0.15) is 0 Å². The number of sulfone groups is 1. The molecule has 1 heterocycles. The summed E-state index contributed by atoms with van der Waals surface area (Å²) in [5, 5.41) is -0.854. The van der Waals surface area contributed by atoms with Gasteiger partial charge in [-0.3, -0.25) is 4.79 Å². The van der Waals surface area contributed by atoms with E-state index in [0.29, 0.717) is 13.1 Å². The molecule has 1 aliphatic heterocycles. The van der Waals surface area contributed by atoms with Crippen LogP contribution >= 0.6 is 0 Å². The summed E-state index contributed by atoms with van der Waals surface area (Å²) in [6, 6.07) is 4.61. The van der Waals surface area contributed by atoms with Gasteiger partial charge < -0.3 is 10.6 Å². The second-order valence-corrected chi connectivity index (χ2v) is 7.77. The molecule has 1 aromatic carbocycles. The van der Waals surface area contributed by atoms with E-state index in [2.05, 4.69) is 0 Å². The highest BCUT2D eigenvalue weighted by Gasteiger charge is 2.30. The van der Waals surface area contributed by atoms with E-state index in [4.69, 9.17) is 5.73 Å². The second kappa shape index (κ2) is 6.11. The Kier molecular flexibility index (Phi) is 4.63. The first-order valence-corrected chi connectivity index (χ1v) is 8.38. The first kappa shape index (κ1) is 15.9. The topological polar surface area (TPSA) is 80.5 Å². The molecule has 0 saturated carbocycles. The van der Waals surface area contributed by atoms with Crippen molar-refractivity contribution in [3.05, 3.63) is 30.1 Å². The molecule has 1 saturated heterocycles. The number of hydrogen-bond acceptors (Lipinski definition) is 4. The van der Waals surface area contributed by atoms with Crippen LogP contribution in [0.3, 0.4) is 0 Å². The Bertz CT molecular complexity index is 616. The van der Waals surface area contributed by atoms with Gasteiger partial charge in [-0.25, -0.2) is 12.8 Å². The summed E-state index contributed by atoms with van der Waals surface area (Å²) in [5.74, 6) is -0.704. The van der Waals surface area contributed by atoms with E-state index < -0.39 is 20.9 Å². The number of rotatable bonds is 4. The molecule has 1 aromatic rings. The third kappa shape index (κ3) is 3.59. The van der Waals surface area contributed by atoms with Gasteiger partial charge in [-0.1, -0.05) is 0 Å². The first-order chi connectivity index (χ1) is 9.80. The van der Waals surface area contributed by atoms with Crippen LogP contribution in [0.2, 0.25) is 0 Å². The molecular formula is C14H19FN2O3S. The van der Waals surface area contributed by atoms with Gasteiger partial charge in [-0.15, -0.1) is 0 Å². The number of hydrogen-bond donors (Lipinski definition) is 1. The summed E-state index contributed by atoms with van der Waals surface area (Å²) in [6.07, 6.45) is 0.650. The number of nitrogens with two attached hydrogens (primary N) is 1. The lowest BCUT2D eigenvalue weighted by atomic mass is 10.3. The van der Waals surface area contributed by atoms with Gasteiger partial charge in [0.05, 0.1) is 10.1 Å². The van der Waals surface area contributed by atoms with Crippen LogP contribution in [0.5, 0.6) is 0 Å². The summed E-state index contributed by atoms with van der Waals surface area (Å²) in [7, 11) is -3.64. The molecule has 116 valence electrons. The van der Waals surface area contributed by atoms with Crippen molar-refractivity contribution < 1.29 is 17.6 Å². The van der Waals surface area contributed by atoms with Gasteiger partial charge in [0.15, 0.2) is 9.84 Å². The van der Waals surface area contributed by atoms with Crippen LogP contribution in [0.25, 0.3) is 0 Å². The highest BCUT2D eigenvalue weighted by Crippen LogP contribution is 2.20. The third-order valence-electron chi connectivity index (χ3n) is 3.71. The van der Waals surface area contributed by atoms with E-state index in [0.717, 1.165) is 18.6 Å². The average molecular weight is 314 g/mol. The van der Waals surface area contributed by atoms with Crippen molar-refractivity contribution in [2.45, 2.75) is 36.0 Å². The van der Waals surface area contributed by atoms with E-state index in [1.807, 2.05) is 0 Å². The fourth-order valence-corrected chi connectivity index (χ4v) is 3.70. The molecule has 0 aromatic heterocycles. The summed E-state index contributed by atoms with van der Waals surface area (Å²) < 4.78 is 37.5. The predicted molar refractivity (Wildman–Crippen MR) is 76.8 cm³/mol. The molecule has 2 N–H and O–H groups in total. The zero-order valence-electron chi connectivity index (χ0n) is 11.8. The SMILES string of the molecule is C[C@@H](CC(=O)N1CC[C@H](N)C1)S(=O)(=O)c1ccc(F)cc1.